The maximum atomic E-state index is 12.5. The Hall–Kier alpha value is -1.67. The molecular formula is C15H18ClN3O3S. The molecule has 0 radical (unpaired) electrons. The Morgan fingerprint density at radius 3 is 2.57 bits per heavy atom. The lowest BCUT2D eigenvalue weighted by Gasteiger charge is -2.18. The molecule has 1 aromatic heterocycles. The molecule has 0 saturated carbocycles. The first-order valence-corrected chi connectivity index (χ1v) is 8.68. The molecule has 1 heterocycles. The Balaban J connectivity index is 2.30. The van der Waals surface area contributed by atoms with Crippen molar-refractivity contribution in [2.24, 2.45) is 0 Å². The van der Waals surface area contributed by atoms with Crippen LogP contribution in [0, 0.1) is 6.92 Å². The molecule has 2 rings (SSSR count). The van der Waals surface area contributed by atoms with Gasteiger partial charge in [-0.2, -0.15) is 0 Å². The second kappa shape index (κ2) is 7.27. The molecule has 6 nitrogen and oxygen atoms in total. The van der Waals surface area contributed by atoms with Crippen LogP contribution < -0.4 is 10.5 Å². The minimum absolute atomic E-state index is 0.0549. The number of aryl methyl sites for hydroxylation is 1. The number of benzene rings is 1. The number of methoxy groups -OCH3 is 1. The van der Waals surface area contributed by atoms with Gasteiger partial charge in [-0.25, -0.2) is 18.1 Å². The number of pyridine rings is 1. The van der Waals surface area contributed by atoms with E-state index in [9.17, 15) is 8.42 Å². The molecule has 0 amide bonds. The number of hydrogen-bond acceptors (Lipinski definition) is 5. The number of aromatic nitrogens is 1. The van der Waals surface area contributed by atoms with Crippen LogP contribution in [-0.4, -0.2) is 27.1 Å². The second-order valence-electron chi connectivity index (χ2n) is 5.05. The van der Waals surface area contributed by atoms with Gasteiger partial charge in [-0.3, -0.25) is 0 Å². The molecule has 0 saturated heterocycles. The molecule has 1 aromatic carbocycles. The monoisotopic (exact) mass is 355 g/mol. The van der Waals surface area contributed by atoms with E-state index in [2.05, 4.69) is 9.71 Å². The number of nitrogen functional groups attached to an aromatic ring is 1. The van der Waals surface area contributed by atoms with Crippen molar-refractivity contribution in [2.75, 3.05) is 19.5 Å². The zero-order valence-corrected chi connectivity index (χ0v) is 14.4. The van der Waals surface area contributed by atoms with Crippen molar-refractivity contribution in [3.05, 3.63) is 52.7 Å². The highest BCUT2D eigenvalue weighted by Gasteiger charge is 2.22. The Morgan fingerprint density at radius 2 is 2.00 bits per heavy atom. The van der Waals surface area contributed by atoms with E-state index < -0.39 is 16.1 Å². The minimum atomic E-state index is -3.76. The zero-order valence-electron chi connectivity index (χ0n) is 12.8. The van der Waals surface area contributed by atoms with E-state index in [0.717, 1.165) is 5.56 Å². The van der Waals surface area contributed by atoms with Crippen molar-refractivity contribution in [1.82, 2.24) is 9.71 Å². The molecule has 0 bridgehead atoms. The minimum Gasteiger partial charge on any atom is -0.383 e. The Kier molecular flexibility index (Phi) is 5.59. The average Bonchev–Trinajstić information content (AvgIpc) is 2.50. The number of rotatable bonds is 6. The van der Waals surface area contributed by atoms with Gasteiger partial charge in [-0.1, -0.05) is 23.7 Å². The first-order valence-electron chi connectivity index (χ1n) is 6.82. The zero-order chi connectivity index (χ0) is 17.0. The highest BCUT2D eigenvalue weighted by Crippen LogP contribution is 2.21. The predicted octanol–water partition coefficient (Wildman–Crippen LogP) is 2.29. The summed E-state index contributed by atoms with van der Waals surface area (Å²) in [6.07, 6.45) is 1.23. The normalized spacial score (nSPS) is 13.0. The van der Waals surface area contributed by atoms with Crippen LogP contribution in [0.2, 0.25) is 5.02 Å². The van der Waals surface area contributed by atoms with E-state index in [-0.39, 0.29) is 11.5 Å². The van der Waals surface area contributed by atoms with Crippen LogP contribution in [0.15, 0.2) is 41.4 Å². The Bertz CT molecular complexity index is 779. The van der Waals surface area contributed by atoms with E-state index in [1.807, 2.05) is 0 Å². The lowest BCUT2D eigenvalue weighted by molar-refractivity contribution is 0.175. The van der Waals surface area contributed by atoms with Gasteiger partial charge >= 0.3 is 0 Å². The highest BCUT2D eigenvalue weighted by molar-refractivity contribution is 7.89. The summed E-state index contributed by atoms with van der Waals surface area (Å²) < 4.78 is 32.8. The molecule has 2 aromatic rings. The standard InChI is InChI=1S/C15H18ClN3O3S/c1-10-7-13(8-18-15(10)17)23(20,21)19-14(9-22-2)11-3-5-12(16)6-4-11/h3-8,14,19H,9H2,1-2H3,(H2,17,18). The average molecular weight is 356 g/mol. The van der Waals surface area contributed by atoms with E-state index in [1.165, 1.54) is 19.4 Å². The smallest absolute Gasteiger partial charge is 0.242 e. The third-order valence-corrected chi connectivity index (χ3v) is 5.00. The van der Waals surface area contributed by atoms with E-state index in [4.69, 9.17) is 22.1 Å². The Labute approximate surface area is 140 Å². The SMILES string of the molecule is COCC(NS(=O)(=O)c1cnc(N)c(C)c1)c1ccc(Cl)cc1. The van der Waals surface area contributed by atoms with Crippen molar-refractivity contribution in [3.8, 4) is 0 Å². The number of ether oxygens (including phenoxy) is 1. The number of sulfonamides is 1. The van der Waals surface area contributed by atoms with E-state index in [1.54, 1.807) is 31.2 Å². The van der Waals surface area contributed by atoms with Crippen molar-refractivity contribution >= 4 is 27.4 Å². The van der Waals surface area contributed by atoms with Gasteiger partial charge < -0.3 is 10.5 Å². The fourth-order valence-electron chi connectivity index (χ4n) is 2.02. The van der Waals surface area contributed by atoms with E-state index >= 15 is 0 Å². The van der Waals surface area contributed by atoms with Crippen molar-refractivity contribution < 1.29 is 13.2 Å². The third-order valence-electron chi connectivity index (χ3n) is 3.31. The quantitative estimate of drug-likeness (QED) is 0.829. The summed E-state index contributed by atoms with van der Waals surface area (Å²) >= 11 is 5.86. The summed E-state index contributed by atoms with van der Waals surface area (Å²) in [7, 11) is -2.25. The maximum Gasteiger partial charge on any atom is 0.242 e. The molecule has 23 heavy (non-hydrogen) atoms. The summed E-state index contributed by atoms with van der Waals surface area (Å²) in [4.78, 5) is 3.95. The predicted molar refractivity (Wildman–Crippen MR) is 89.8 cm³/mol. The lowest BCUT2D eigenvalue weighted by atomic mass is 10.1. The molecule has 0 aliphatic heterocycles. The van der Waals surface area contributed by atoms with Crippen molar-refractivity contribution in [1.29, 1.82) is 0 Å². The summed E-state index contributed by atoms with van der Waals surface area (Å²) in [5, 5.41) is 0.575. The number of nitrogens with one attached hydrogen (secondary N) is 1. The van der Waals surface area contributed by atoms with Crippen LogP contribution in [0.5, 0.6) is 0 Å². The number of nitrogens with zero attached hydrogens (tertiary/aromatic N) is 1. The molecule has 124 valence electrons. The molecule has 0 aliphatic carbocycles. The molecule has 3 N–H and O–H groups in total. The van der Waals surface area contributed by atoms with Crippen LogP contribution in [0.3, 0.4) is 0 Å². The summed E-state index contributed by atoms with van der Waals surface area (Å²) in [5.74, 6) is 0.301. The van der Waals surface area contributed by atoms with Gasteiger partial charge in [-0.15, -0.1) is 0 Å². The van der Waals surface area contributed by atoms with Gasteiger partial charge in [-0.05, 0) is 36.2 Å². The Morgan fingerprint density at radius 1 is 1.35 bits per heavy atom. The van der Waals surface area contributed by atoms with Crippen LogP contribution in [0.1, 0.15) is 17.2 Å². The molecule has 0 fully saturated rings. The van der Waals surface area contributed by atoms with Crippen LogP contribution in [0.4, 0.5) is 5.82 Å². The molecule has 1 atom stereocenters. The van der Waals surface area contributed by atoms with Crippen LogP contribution in [0.25, 0.3) is 0 Å². The first-order chi connectivity index (χ1) is 10.8. The van der Waals surface area contributed by atoms with Gasteiger partial charge in [0.15, 0.2) is 0 Å². The summed E-state index contributed by atoms with van der Waals surface area (Å²) in [6, 6.07) is 7.84. The van der Waals surface area contributed by atoms with Gasteiger partial charge in [0.25, 0.3) is 0 Å². The molecule has 8 heteroatoms. The maximum absolute atomic E-state index is 12.5. The number of hydrogen-bond donors (Lipinski definition) is 2. The molecule has 1 unspecified atom stereocenters. The third kappa shape index (κ3) is 4.42. The molecular weight excluding hydrogens is 338 g/mol. The first kappa shape index (κ1) is 17.7. The topological polar surface area (TPSA) is 94.3 Å². The lowest BCUT2D eigenvalue weighted by Crippen LogP contribution is -2.31. The van der Waals surface area contributed by atoms with Gasteiger partial charge in [0.1, 0.15) is 10.7 Å². The number of nitrogens with two attached hydrogens (primary N) is 1. The fraction of sp³-hybridized carbons (Fsp3) is 0.267. The molecule has 0 aliphatic rings. The van der Waals surface area contributed by atoms with Gasteiger partial charge in [0.2, 0.25) is 10.0 Å². The summed E-state index contributed by atoms with van der Waals surface area (Å²) in [6.45, 7) is 1.88. The largest absolute Gasteiger partial charge is 0.383 e. The van der Waals surface area contributed by atoms with Crippen molar-refractivity contribution in [3.63, 3.8) is 0 Å². The number of halogens is 1. The molecule has 0 spiro atoms. The van der Waals surface area contributed by atoms with E-state index in [0.29, 0.717) is 16.4 Å². The summed E-state index contributed by atoms with van der Waals surface area (Å²) in [5.41, 5.74) is 6.98. The fourth-order valence-corrected chi connectivity index (χ4v) is 3.39. The van der Waals surface area contributed by atoms with Crippen molar-refractivity contribution in [2.45, 2.75) is 17.9 Å². The second-order valence-corrected chi connectivity index (χ2v) is 7.20. The van der Waals surface area contributed by atoms with Crippen LogP contribution in [-0.2, 0) is 14.8 Å². The van der Waals surface area contributed by atoms with Gasteiger partial charge in [0, 0.05) is 18.3 Å². The van der Waals surface area contributed by atoms with Crippen LogP contribution >= 0.6 is 11.6 Å². The number of anilines is 1. The highest BCUT2D eigenvalue weighted by atomic mass is 35.5. The van der Waals surface area contributed by atoms with Gasteiger partial charge in [0.05, 0.1) is 12.6 Å².